The number of aromatic nitrogens is 2. The second-order valence-electron chi connectivity index (χ2n) is 3.47. The number of imidazole rings is 1. The van der Waals surface area contributed by atoms with Crippen molar-refractivity contribution in [1.82, 2.24) is 9.97 Å². The molecule has 0 aliphatic heterocycles. The zero-order valence-electron chi connectivity index (χ0n) is 8.55. The van der Waals surface area contributed by atoms with Crippen molar-refractivity contribution in [2.75, 3.05) is 0 Å². The molecule has 0 aliphatic rings. The highest BCUT2D eigenvalue weighted by Crippen LogP contribution is 2.31. The number of fused-ring (bicyclic) bond motifs is 1. The van der Waals surface area contributed by atoms with Gasteiger partial charge in [0.25, 0.3) is 0 Å². The van der Waals surface area contributed by atoms with Crippen LogP contribution < -0.4 is 0 Å². The molecule has 0 aliphatic carbocycles. The van der Waals surface area contributed by atoms with E-state index in [1.807, 2.05) is 6.20 Å². The van der Waals surface area contributed by atoms with Gasteiger partial charge < -0.3 is 4.98 Å². The van der Waals surface area contributed by atoms with Crippen molar-refractivity contribution >= 4 is 22.5 Å². The summed E-state index contributed by atoms with van der Waals surface area (Å²) in [5.74, 6) is 0. The Balaban J connectivity index is 2.10. The zero-order chi connectivity index (χ0) is 10.8. The SMILES string of the molecule is c1ccc2c(Sc3ncc[nH]3)cccc2c1. The van der Waals surface area contributed by atoms with Crippen molar-refractivity contribution in [1.29, 1.82) is 0 Å². The molecular weight excluding hydrogens is 216 g/mol. The molecule has 0 unspecified atom stereocenters. The van der Waals surface area contributed by atoms with Crippen molar-refractivity contribution in [2.24, 2.45) is 0 Å². The third kappa shape index (κ3) is 1.70. The summed E-state index contributed by atoms with van der Waals surface area (Å²) in [6, 6.07) is 14.7. The second kappa shape index (κ2) is 4.02. The van der Waals surface area contributed by atoms with Crippen molar-refractivity contribution in [3.8, 4) is 0 Å². The van der Waals surface area contributed by atoms with Crippen LogP contribution >= 0.6 is 11.8 Å². The molecule has 1 heterocycles. The Kier molecular flexibility index (Phi) is 2.38. The van der Waals surface area contributed by atoms with Gasteiger partial charge >= 0.3 is 0 Å². The van der Waals surface area contributed by atoms with E-state index in [0.717, 1.165) is 5.16 Å². The third-order valence-corrected chi connectivity index (χ3v) is 3.42. The Labute approximate surface area is 97.7 Å². The first-order valence-electron chi connectivity index (χ1n) is 5.08. The van der Waals surface area contributed by atoms with E-state index >= 15 is 0 Å². The summed E-state index contributed by atoms with van der Waals surface area (Å²) in [6.07, 6.45) is 3.61. The van der Waals surface area contributed by atoms with E-state index in [9.17, 15) is 0 Å². The Bertz CT molecular complexity index is 597. The lowest BCUT2D eigenvalue weighted by Gasteiger charge is -2.03. The fourth-order valence-electron chi connectivity index (χ4n) is 1.70. The van der Waals surface area contributed by atoms with E-state index in [2.05, 4.69) is 52.4 Å². The van der Waals surface area contributed by atoms with Crippen LogP contribution in [0, 0.1) is 0 Å². The Morgan fingerprint density at radius 3 is 2.75 bits per heavy atom. The minimum absolute atomic E-state index is 0.927. The summed E-state index contributed by atoms with van der Waals surface area (Å²) in [6.45, 7) is 0. The van der Waals surface area contributed by atoms with Gasteiger partial charge in [-0.05, 0) is 16.8 Å². The number of hydrogen-bond donors (Lipinski definition) is 1. The lowest BCUT2D eigenvalue weighted by molar-refractivity contribution is 1.06. The molecule has 3 heteroatoms. The van der Waals surface area contributed by atoms with Gasteiger partial charge in [0.05, 0.1) is 0 Å². The first-order valence-corrected chi connectivity index (χ1v) is 5.90. The molecule has 0 spiro atoms. The highest BCUT2D eigenvalue weighted by atomic mass is 32.2. The minimum atomic E-state index is 0.927. The lowest BCUT2D eigenvalue weighted by atomic mass is 10.1. The molecule has 1 aromatic heterocycles. The molecule has 1 N–H and O–H groups in total. The van der Waals surface area contributed by atoms with Crippen LogP contribution in [0.3, 0.4) is 0 Å². The first kappa shape index (κ1) is 9.48. The summed E-state index contributed by atoms with van der Waals surface area (Å²) < 4.78 is 0. The average Bonchev–Trinajstić information content (AvgIpc) is 2.82. The van der Waals surface area contributed by atoms with Gasteiger partial charge in [0, 0.05) is 17.3 Å². The fraction of sp³-hybridized carbons (Fsp3) is 0. The van der Waals surface area contributed by atoms with Crippen LogP contribution in [0.1, 0.15) is 0 Å². The van der Waals surface area contributed by atoms with Crippen molar-refractivity contribution in [3.05, 3.63) is 54.9 Å². The van der Waals surface area contributed by atoms with Gasteiger partial charge in [-0.2, -0.15) is 0 Å². The largest absolute Gasteiger partial charge is 0.339 e. The van der Waals surface area contributed by atoms with Gasteiger partial charge in [-0.25, -0.2) is 4.98 Å². The Hall–Kier alpha value is -1.74. The van der Waals surface area contributed by atoms with Crippen LogP contribution in [0.15, 0.2) is 64.9 Å². The molecule has 0 radical (unpaired) electrons. The normalized spacial score (nSPS) is 10.8. The Morgan fingerprint density at radius 1 is 1.00 bits per heavy atom. The molecule has 0 bridgehead atoms. The smallest absolute Gasteiger partial charge is 0.170 e. The van der Waals surface area contributed by atoms with E-state index in [1.54, 1.807) is 18.0 Å². The second-order valence-corrected chi connectivity index (χ2v) is 4.50. The molecule has 3 rings (SSSR count). The maximum atomic E-state index is 4.23. The van der Waals surface area contributed by atoms with E-state index in [1.165, 1.54) is 15.7 Å². The van der Waals surface area contributed by atoms with E-state index in [4.69, 9.17) is 0 Å². The van der Waals surface area contributed by atoms with E-state index in [0.29, 0.717) is 0 Å². The van der Waals surface area contributed by atoms with Crippen LogP contribution in [-0.2, 0) is 0 Å². The first-order chi connectivity index (χ1) is 7.93. The van der Waals surface area contributed by atoms with Gasteiger partial charge in [0.15, 0.2) is 5.16 Å². The maximum absolute atomic E-state index is 4.23. The van der Waals surface area contributed by atoms with Crippen LogP contribution in [0.4, 0.5) is 0 Å². The summed E-state index contributed by atoms with van der Waals surface area (Å²) in [5, 5.41) is 3.46. The van der Waals surface area contributed by atoms with Crippen molar-refractivity contribution in [3.63, 3.8) is 0 Å². The average molecular weight is 226 g/mol. The lowest BCUT2D eigenvalue weighted by Crippen LogP contribution is -1.79. The van der Waals surface area contributed by atoms with Crippen molar-refractivity contribution in [2.45, 2.75) is 10.1 Å². The predicted octanol–water partition coefficient (Wildman–Crippen LogP) is 3.71. The van der Waals surface area contributed by atoms with Crippen molar-refractivity contribution < 1.29 is 0 Å². The summed E-state index contributed by atoms with van der Waals surface area (Å²) in [5.41, 5.74) is 0. The van der Waals surface area contributed by atoms with Crippen LogP contribution in [0.5, 0.6) is 0 Å². The van der Waals surface area contributed by atoms with Gasteiger partial charge in [0.1, 0.15) is 0 Å². The molecule has 16 heavy (non-hydrogen) atoms. The highest BCUT2D eigenvalue weighted by molar-refractivity contribution is 7.99. The van der Waals surface area contributed by atoms with Gasteiger partial charge in [-0.15, -0.1) is 0 Å². The molecule has 0 fully saturated rings. The summed E-state index contributed by atoms with van der Waals surface area (Å²) in [7, 11) is 0. The minimum Gasteiger partial charge on any atom is -0.339 e. The zero-order valence-corrected chi connectivity index (χ0v) is 9.37. The molecule has 0 saturated heterocycles. The number of nitrogens with zero attached hydrogens (tertiary/aromatic N) is 1. The molecule has 0 atom stereocenters. The fourth-order valence-corrected chi connectivity index (χ4v) is 2.59. The molecule has 2 nitrogen and oxygen atoms in total. The molecule has 3 aromatic rings. The van der Waals surface area contributed by atoms with Gasteiger partial charge in [-0.1, -0.05) is 48.2 Å². The number of benzene rings is 2. The predicted molar refractivity (Wildman–Crippen MR) is 66.7 cm³/mol. The number of aromatic amines is 1. The van der Waals surface area contributed by atoms with Gasteiger partial charge in [0.2, 0.25) is 0 Å². The van der Waals surface area contributed by atoms with Gasteiger partial charge in [-0.3, -0.25) is 0 Å². The van der Waals surface area contributed by atoms with Crippen LogP contribution in [0.25, 0.3) is 10.8 Å². The van der Waals surface area contributed by atoms with E-state index < -0.39 is 0 Å². The highest BCUT2D eigenvalue weighted by Gasteiger charge is 2.03. The van der Waals surface area contributed by atoms with Crippen LogP contribution in [0.2, 0.25) is 0 Å². The standard InChI is InChI=1S/C13H10N2S/c1-2-6-11-10(4-1)5-3-7-12(11)16-13-14-8-9-15-13/h1-9H,(H,14,15). The number of rotatable bonds is 2. The maximum Gasteiger partial charge on any atom is 0.170 e. The molecule has 0 amide bonds. The Morgan fingerprint density at radius 2 is 1.88 bits per heavy atom. The van der Waals surface area contributed by atoms with Crippen LogP contribution in [-0.4, -0.2) is 9.97 Å². The molecular formula is C13H10N2S. The molecule has 0 saturated carbocycles. The summed E-state index contributed by atoms with van der Waals surface area (Å²) in [4.78, 5) is 8.56. The summed E-state index contributed by atoms with van der Waals surface area (Å²) >= 11 is 1.66. The topological polar surface area (TPSA) is 28.7 Å². The number of H-pyrrole nitrogens is 1. The monoisotopic (exact) mass is 226 g/mol. The molecule has 2 aromatic carbocycles. The number of nitrogens with one attached hydrogen (secondary N) is 1. The van der Waals surface area contributed by atoms with E-state index in [-0.39, 0.29) is 0 Å². The number of hydrogen-bond acceptors (Lipinski definition) is 2. The quantitative estimate of drug-likeness (QED) is 0.721. The molecule has 78 valence electrons. The third-order valence-electron chi connectivity index (χ3n) is 2.43.